The van der Waals surface area contributed by atoms with Gasteiger partial charge in [-0.05, 0) is 60.9 Å². The first-order chi connectivity index (χ1) is 12.6. The standard InChI is InChI=1S/C19H20BrNO5S/c1-11-7-15(4-5-17(11)26-10-18(22)23)27(24,25)21-9-13(3)16-8-14(20)6-12(2)19(16)21/h4-8,13H,9-10H2,1-3H3,(H,22,23). The molecule has 0 fully saturated rings. The minimum absolute atomic E-state index is 0.0882. The largest absolute Gasteiger partial charge is 0.482 e. The monoisotopic (exact) mass is 453 g/mol. The highest BCUT2D eigenvalue weighted by Gasteiger charge is 2.36. The van der Waals surface area contributed by atoms with Crippen molar-refractivity contribution < 1.29 is 23.1 Å². The maximum Gasteiger partial charge on any atom is 0.341 e. The summed E-state index contributed by atoms with van der Waals surface area (Å²) in [7, 11) is -3.74. The third-order valence-electron chi connectivity index (χ3n) is 4.60. The Morgan fingerprint density at radius 2 is 1.96 bits per heavy atom. The van der Waals surface area contributed by atoms with Crippen LogP contribution in [-0.4, -0.2) is 32.6 Å². The molecule has 0 amide bonds. The number of benzene rings is 2. The van der Waals surface area contributed by atoms with Crippen LogP contribution in [-0.2, 0) is 14.8 Å². The van der Waals surface area contributed by atoms with Crippen molar-refractivity contribution in [1.29, 1.82) is 0 Å². The molecule has 0 aliphatic carbocycles. The Labute approximate surface area is 166 Å². The lowest BCUT2D eigenvalue weighted by Crippen LogP contribution is -2.30. The number of nitrogens with zero attached hydrogens (tertiary/aromatic N) is 1. The van der Waals surface area contributed by atoms with Crippen molar-refractivity contribution >= 4 is 37.6 Å². The number of halogens is 1. The van der Waals surface area contributed by atoms with Crippen molar-refractivity contribution in [3.8, 4) is 5.75 Å². The fourth-order valence-corrected chi connectivity index (χ4v) is 5.67. The Kier molecular flexibility index (Phi) is 5.22. The molecule has 1 aliphatic heterocycles. The van der Waals surface area contributed by atoms with Crippen molar-refractivity contribution in [2.24, 2.45) is 0 Å². The number of carboxylic acids is 1. The maximum atomic E-state index is 13.3. The molecule has 8 heteroatoms. The van der Waals surface area contributed by atoms with Crippen LogP contribution in [0, 0.1) is 13.8 Å². The van der Waals surface area contributed by atoms with Gasteiger partial charge < -0.3 is 9.84 Å². The van der Waals surface area contributed by atoms with Crippen LogP contribution in [0.25, 0.3) is 0 Å². The second-order valence-corrected chi connectivity index (χ2v) is 9.49. The summed E-state index contributed by atoms with van der Waals surface area (Å²) in [5, 5.41) is 8.73. The predicted molar refractivity (Wildman–Crippen MR) is 106 cm³/mol. The molecule has 1 unspecified atom stereocenters. The van der Waals surface area contributed by atoms with E-state index in [1.165, 1.54) is 22.5 Å². The molecule has 2 aromatic rings. The SMILES string of the molecule is Cc1cc(S(=O)(=O)N2CC(C)c3cc(Br)cc(C)c32)ccc1OCC(=O)O. The van der Waals surface area contributed by atoms with Crippen LogP contribution in [0.5, 0.6) is 5.75 Å². The molecule has 0 bridgehead atoms. The predicted octanol–water partition coefficient (Wildman–Crippen LogP) is 3.84. The Bertz CT molecular complexity index is 1020. The van der Waals surface area contributed by atoms with E-state index in [4.69, 9.17) is 9.84 Å². The quantitative estimate of drug-likeness (QED) is 0.742. The zero-order valence-electron chi connectivity index (χ0n) is 15.2. The van der Waals surface area contributed by atoms with Gasteiger partial charge in [-0.15, -0.1) is 0 Å². The van der Waals surface area contributed by atoms with E-state index in [2.05, 4.69) is 15.9 Å². The van der Waals surface area contributed by atoms with E-state index in [0.29, 0.717) is 17.9 Å². The zero-order valence-corrected chi connectivity index (χ0v) is 17.6. The molecule has 1 heterocycles. The normalized spacial score (nSPS) is 16.3. The lowest BCUT2D eigenvalue weighted by molar-refractivity contribution is -0.139. The number of aliphatic carboxylic acids is 1. The van der Waals surface area contributed by atoms with Crippen molar-refractivity contribution in [1.82, 2.24) is 0 Å². The number of hydrogen-bond donors (Lipinski definition) is 1. The molecule has 2 aromatic carbocycles. The highest BCUT2D eigenvalue weighted by molar-refractivity contribution is 9.10. The van der Waals surface area contributed by atoms with E-state index in [1.54, 1.807) is 6.92 Å². The van der Waals surface area contributed by atoms with Gasteiger partial charge in [-0.3, -0.25) is 4.31 Å². The van der Waals surface area contributed by atoms with Gasteiger partial charge in [-0.2, -0.15) is 0 Å². The van der Waals surface area contributed by atoms with E-state index < -0.39 is 22.6 Å². The summed E-state index contributed by atoms with van der Waals surface area (Å²) in [4.78, 5) is 10.8. The number of sulfonamides is 1. The molecular formula is C19H20BrNO5S. The van der Waals surface area contributed by atoms with Crippen LogP contribution in [0.3, 0.4) is 0 Å². The van der Waals surface area contributed by atoms with Crippen LogP contribution in [0.2, 0.25) is 0 Å². The number of anilines is 1. The molecule has 0 spiro atoms. The van der Waals surface area contributed by atoms with Gasteiger partial charge in [-0.1, -0.05) is 22.9 Å². The van der Waals surface area contributed by atoms with Crippen LogP contribution in [0.1, 0.15) is 29.5 Å². The van der Waals surface area contributed by atoms with Crippen LogP contribution < -0.4 is 9.04 Å². The number of rotatable bonds is 5. The van der Waals surface area contributed by atoms with Gasteiger partial charge in [0.1, 0.15) is 5.75 Å². The average molecular weight is 454 g/mol. The number of aryl methyl sites for hydroxylation is 2. The summed E-state index contributed by atoms with van der Waals surface area (Å²) in [5.74, 6) is -0.646. The first-order valence-corrected chi connectivity index (χ1v) is 10.6. The summed E-state index contributed by atoms with van der Waals surface area (Å²) >= 11 is 3.48. The zero-order chi connectivity index (χ0) is 19.9. The highest BCUT2D eigenvalue weighted by atomic mass is 79.9. The van der Waals surface area contributed by atoms with Gasteiger partial charge in [0.15, 0.2) is 6.61 Å². The topological polar surface area (TPSA) is 83.9 Å². The van der Waals surface area contributed by atoms with Crippen LogP contribution in [0.15, 0.2) is 39.7 Å². The first kappa shape index (κ1) is 19.7. The van der Waals surface area contributed by atoms with E-state index >= 15 is 0 Å². The van der Waals surface area contributed by atoms with Gasteiger partial charge >= 0.3 is 5.97 Å². The molecule has 0 saturated heterocycles. The minimum atomic E-state index is -3.74. The molecule has 0 radical (unpaired) electrons. The average Bonchev–Trinajstić information content (AvgIpc) is 2.91. The fourth-order valence-electron chi connectivity index (χ4n) is 3.35. The summed E-state index contributed by atoms with van der Waals surface area (Å²) in [6.07, 6.45) is 0. The van der Waals surface area contributed by atoms with E-state index in [1.807, 2.05) is 26.0 Å². The Morgan fingerprint density at radius 1 is 1.26 bits per heavy atom. The lowest BCUT2D eigenvalue weighted by atomic mass is 10.0. The molecular weight excluding hydrogens is 434 g/mol. The molecule has 6 nitrogen and oxygen atoms in total. The van der Waals surface area contributed by atoms with Gasteiger partial charge in [0.25, 0.3) is 10.0 Å². The molecule has 144 valence electrons. The Morgan fingerprint density at radius 3 is 2.59 bits per heavy atom. The van der Waals surface area contributed by atoms with Gasteiger partial charge in [-0.25, -0.2) is 13.2 Å². The summed E-state index contributed by atoms with van der Waals surface area (Å²) in [5.41, 5.74) is 3.20. The number of hydrogen-bond acceptors (Lipinski definition) is 4. The van der Waals surface area contributed by atoms with Gasteiger partial charge in [0.2, 0.25) is 0 Å². The van der Waals surface area contributed by atoms with Crippen molar-refractivity contribution in [3.05, 3.63) is 51.5 Å². The van der Waals surface area contributed by atoms with Gasteiger partial charge in [0.05, 0.1) is 10.6 Å². The minimum Gasteiger partial charge on any atom is -0.482 e. The summed E-state index contributed by atoms with van der Waals surface area (Å²) in [6, 6.07) is 8.35. The number of carboxylic acid groups (broad SMARTS) is 1. The molecule has 3 rings (SSSR count). The van der Waals surface area contributed by atoms with E-state index in [-0.39, 0.29) is 10.8 Å². The fraction of sp³-hybridized carbons (Fsp3) is 0.316. The molecule has 0 aromatic heterocycles. The lowest BCUT2D eigenvalue weighted by Gasteiger charge is -2.22. The third kappa shape index (κ3) is 3.68. The first-order valence-electron chi connectivity index (χ1n) is 8.39. The maximum absolute atomic E-state index is 13.3. The molecule has 1 atom stereocenters. The Hall–Kier alpha value is -2.06. The summed E-state index contributed by atoms with van der Waals surface area (Å²) < 4.78 is 34.2. The van der Waals surface area contributed by atoms with Crippen molar-refractivity contribution in [2.75, 3.05) is 17.5 Å². The molecule has 0 saturated carbocycles. The number of carbonyl (C=O) groups is 1. The highest BCUT2D eigenvalue weighted by Crippen LogP contribution is 2.43. The third-order valence-corrected chi connectivity index (χ3v) is 6.82. The van der Waals surface area contributed by atoms with E-state index in [9.17, 15) is 13.2 Å². The Balaban J connectivity index is 1.99. The second kappa shape index (κ2) is 7.16. The smallest absolute Gasteiger partial charge is 0.341 e. The molecule has 1 aliphatic rings. The molecule has 27 heavy (non-hydrogen) atoms. The van der Waals surface area contributed by atoms with Gasteiger partial charge in [0, 0.05) is 16.9 Å². The van der Waals surface area contributed by atoms with Crippen molar-refractivity contribution in [3.63, 3.8) is 0 Å². The number of ether oxygens (including phenoxy) is 1. The van der Waals surface area contributed by atoms with Crippen molar-refractivity contribution in [2.45, 2.75) is 31.6 Å². The van der Waals surface area contributed by atoms with Crippen LogP contribution in [0.4, 0.5) is 5.69 Å². The number of fused-ring (bicyclic) bond motifs is 1. The van der Waals surface area contributed by atoms with Crippen LogP contribution >= 0.6 is 15.9 Å². The summed E-state index contributed by atoms with van der Waals surface area (Å²) in [6.45, 7) is 5.51. The molecule has 1 N–H and O–H groups in total. The van der Waals surface area contributed by atoms with E-state index in [0.717, 1.165) is 21.3 Å². The second-order valence-electron chi connectivity index (χ2n) is 6.71.